The zero-order valence-corrected chi connectivity index (χ0v) is 10.0. The van der Waals surface area contributed by atoms with Gasteiger partial charge in [-0.1, -0.05) is 17.6 Å². The molecule has 0 aliphatic carbocycles. The van der Waals surface area contributed by atoms with Gasteiger partial charge in [-0.3, -0.25) is 0 Å². The fourth-order valence-electron chi connectivity index (χ4n) is 0.229. The third kappa shape index (κ3) is 15.4. The molecule has 0 aromatic carbocycles. The van der Waals surface area contributed by atoms with Crippen LogP contribution in [0.2, 0.25) is 0 Å². The molecule has 19 heavy (non-hydrogen) atoms. The van der Waals surface area contributed by atoms with E-state index in [1.165, 1.54) is 0 Å². The molecule has 0 amide bonds. The second-order valence-corrected chi connectivity index (χ2v) is 4.15. The summed E-state index contributed by atoms with van der Waals surface area (Å²) >= 11 is 0. The van der Waals surface area contributed by atoms with Crippen molar-refractivity contribution in [1.29, 1.82) is 0 Å². The fraction of sp³-hybridized carbons (Fsp3) is 0. The largest absolute Gasteiger partial charge is 0.412 e. The minimum Gasteiger partial charge on any atom is -0.412 e. The van der Waals surface area contributed by atoms with Crippen molar-refractivity contribution >= 4 is 44.7 Å². The summed E-state index contributed by atoms with van der Waals surface area (Å²) in [6.45, 7) is 0. The maximum absolute atomic E-state index is 9.97. The lowest BCUT2D eigenvalue weighted by atomic mass is 11.7. The van der Waals surface area contributed by atoms with Crippen LogP contribution in [0.5, 0.6) is 0 Å². The first-order chi connectivity index (χ1) is 8.24. The summed E-state index contributed by atoms with van der Waals surface area (Å²) in [6.07, 6.45) is 2.83. The Kier molecular flexibility index (Phi) is 12.0. The number of nitrogens with zero attached hydrogens (tertiary/aromatic N) is 4. The molecular formula is C4H2N4O9S2. The molecule has 2 N–H and O–H groups in total. The van der Waals surface area contributed by atoms with Gasteiger partial charge in [0.1, 0.15) is 0 Å². The highest BCUT2D eigenvalue weighted by atomic mass is 32.2. The van der Waals surface area contributed by atoms with Crippen LogP contribution in [0, 0.1) is 0 Å². The monoisotopic (exact) mass is 314 g/mol. The van der Waals surface area contributed by atoms with Crippen molar-refractivity contribution in [3.05, 3.63) is 0 Å². The summed E-state index contributed by atoms with van der Waals surface area (Å²) in [7, 11) is -8.56. The smallest absolute Gasteiger partial charge is 0.383 e. The highest BCUT2D eigenvalue weighted by molar-refractivity contribution is 7.89. The maximum Gasteiger partial charge on any atom is 0.383 e. The third-order valence-corrected chi connectivity index (χ3v) is 1.83. The van der Waals surface area contributed by atoms with Crippen molar-refractivity contribution in [2.75, 3.05) is 0 Å². The van der Waals surface area contributed by atoms with Crippen molar-refractivity contribution in [3.8, 4) is 0 Å². The molecule has 0 rings (SSSR count). The Labute approximate surface area is 104 Å². The lowest BCUT2D eigenvalue weighted by molar-refractivity contribution is 0.559. The standard InChI is InChI=1S/2C2N2O4S.H2O/c2*5-1-3-9(7,8)4-2-6;/h;;1H2. The summed E-state index contributed by atoms with van der Waals surface area (Å²) < 4.78 is 48.6. The van der Waals surface area contributed by atoms with Crippen LogP contribution in [0.3, 0.4) is 0 Å². The highest BCUT2D eigenvalue weighted by Gasteiger charge is 2.01. The molecule has 0 aromatic heterocycles. The maximum atomic E-state index is 9.97. The Bertz CT molecular complexity index is 571. The van der Waals surface area contributed by atoms with Gasteiger partial charge < -0.3 is 5.48 Å². The molecule has 0 atom stereocenters. The molecule has 0 unspecified atom stereocenters. The van der Waals surface area contributed by atoms with Crippen LogP contribution in [0.15, 0.2) is 17.6 Å². The summed E-state index contributed by atoms with van der Waals surface area (Å²) in [5.74, 6) is 0. The van der Waals surface area contributed by atoms with E-state index in [2.05, 4.69) is 17.6 Å². The van der Waals surface area contributed by atoms with Crippen LogP contribution >= 0.6 is 0 Å². The molecule has 0 saturated heterocycles. The zero-order chi connectivity index (χ0) is 14.7. The van der Waals surface area contributed by atoms with Crippen molar-refractivity contribution in [1.82, 2.24) is 0 Å². The molecule has 104 valence electrons. The Balaban J connectivity index is -0.000000256. The Morgan fingerprint density at radius 2 is 0.684 bits per heavy atom. The van der Waals surface area contributed by atoms with E-state index in [0.29, 0.717) is 24.3 Å². The van der Waals surface area contributed by atoms with Gasteiger partial charge >= 0.3 is 20.4 Å². The highest BCUT2D eigenvalue weighted by Crippen LogP contribution is 1.87. The molecule has 0 aromatic rings. The second kappa shape index (κ2) is 10.5. The van der Waals surface area contributed by atoms with Gasteiger partial charge in [0.05, 0.1) is 0 Å². The fourth-order valence-corrected chi connectivity index (χ4v) is 0.688. The van der Waals surface area contributed by atoms with E-state index in [1.54, 1.807) is 0 Å². The average molecular weight is 314 g/mol. The van der Waals surface area contributed by atoms with Crippen LogP contribution in [-0.2, 0) is 39.6 Å². The predicted molar refractivity (Wildman–Crippen MR) is 53.9 cm³/mol. The topological polar surface area (TPSA) is 218 Å². The van der Waals surface area contributed by atoms with Crippen LogP contribution in [0.25, 0.3) is 0 Å². The van der Waals surface area contributed by atoms with Crippen molar-refractivity contribution < 1.29 is 41.5 Å². The molecule has 0 spiro atoms. The number of rotatable bonds is 4. The van der Waals surface area contributed by atoms with Crippen molar-refractivity contribution in [2.45, 2.75) is 0 Å². The summed E-state index contributed by atoms with van der Waals surface area (Å²) in [5.41, 5.74) is 0. The molecule has 0 heterocycles. The number of hydrogen-bond donors (Lipinski definition) is 0. The van der Waals surface area contributed by atoms with Gasteiger partial charge in [0.2, 0.25) is 0 Å². The molecule has 0 aliphatic rings. The zero-order valence-electron chi connectivity index (χ0n) is 8.37. The first-order valence-corrected chi connectivity index (χ1v) is 5.90. The van der Waals surface area contributed by atoms with Gasteiger partial charge in [-0.25, -0.2) is 19.2 Å². The average Bonchev–Trinajstić information content (AvgIpc) is 2.17. The van der Waals surface area contributed by atoms with E-state index in [0.717, 1.165) is 0 Å². The van der Waals surface area contributed by atoms with Crippen LogP contribution in [0.4, 0.5) is 0 Å². The first-order valence-electron chi connectivity index (χ1n) is 3.11. The van der Waals surface area contributed by atoms with Gasteiger partial charge in [-0.15, -0.1) is 0 Å². The minimum atomic E-state index is -4.28. The molecule has 0 fully saturated rings. The molecule has 15 heteroatoms. The Hall–Kier alpha value is -2.62. The molecule has 0 radical (unpaired) electrons. The van der Waals surface area contributed by atoms with Crippen molar-refractivity contribution in [3.63, 3.8) is 0 Å². The second-order valence-electron chi connectivity index (χ2n) is 1.63. The normalized spacial score (nSPS) is 8.42. The third-order valence-electron chi connectivity index (χ3n) is 0.611. The first kappa shape index (κ1) is 21.6. The quantitative estimate of drug-likeness (QED) is 0.383. The lowest BCUT2D eigenvalue weighted by Crippen LogP contribution is -1.86. The van der Waals surface area contributed by atoms with E-state index in [-0.39, 0.29) is 5.48 Å². The van der Waals surface area contributed by atoms with Crippen LogP contribution in [-0.4, -0.2) is 46.6 Å². The SMILES string of the molecule is O.O=C=NS(=O)(=O)N=C=O.O=C=NS(=O)(=O)N=C=O. The van der Waals surface area contributed by atoms with Crippen molar-refractivity contribution in [2.24, 2.45) is 17.6 Å². The van der Waals surface area contributed by atoms with Crippen LogP contribution in [0.1, 0.15) is 0 Å². The van der Waals surface area contributed by atoms with Gasteiger partial charge in [-0.2, -0.15) is 16.8 Å². The van der Waals surface area contributed by atoms with E-state index in [4.69, 9.17) is 0 Å². The number of isocyanates is 4. The molecule has 0 saturated carbocycles. The van der Waals surface area contributed by atoms with Gasteiger partial charge in [0, 0.05) is 0 Å². The summed E-state index contributed by atoms with van der Waals surface area (Å²) in [5, 5.41) is 0. The molecule has 0 aliphatic heterocycles. The van der Waals surface area contributed by atoms with E-state index >= 15 is 0 Å². The number of hydrogen-bond acceptors (Lipinski definition) is 8. The predicted octanol–water partition coefficient (Wildman–Crippen LogP) is -3.02. The van der Waals surface area contributed by atoms with E-state index in [9.17, 15) is 36.0 Å². The Morgan fingerprint density at radius 3 is 0.789 bits per heavy atom. The van der Waals surface area contributed by atoms with Gasteiger partial charge in [0.15, 0.2) is 0 Å². The molecular weight excluding hydrogens is 312 g/mol. The summed E-state index contributed by atoms with van der Waals surface area (Å²) in [4.78, 5) is 36.9. The summed E-state index contributed by atoms with van der Waals surface area (Å²) in [6, 6.07) is 0. The minimum absolute atomic E-state index is 0. The van der Waals surface area contributed by atoms with Gasteiger partial charge in [-0.05, 0) is 0 Å². The van der Waals surface area contributed by atoms with Gasteiger partial charge in [0.25, 0.3) is 24.3 Å². The number of carbonyl (C=O) groups excluding carboxylic acids is 4. The van der Waals surface area contributed by atoms with E-state index in [1.807, 2.05) is 0 Å². The molecule has 0 bridgehead atoms. The molecule has 13 nitrogen and oxygen atoms in total. The van der Waals surface area contributed by atoms with E-state index < -0.39 is 20.4 Å². The van der Waals surface area contributed by atoms with Crippen LogP contribution < -0.4 is 0 Å². The Morgan fingerprint density at radius 1 is 0.526 bits per heavy atom. The lowest BCUT2D eigenvalue weighted by Gasteiger charge is -1.73.